The maximum Gasteiger partial charge on any atom is 0.563 e. The maximum atomic E-state index is 9.77. The van der Waals surface area contributed by atoms with Crippen LogP contribution in [0.2, 0.25) is 0 Å². The molecule has 2 rings (SSSR count). The summed E-state index contributed by atoms with van der Waals surface area (Å²) in [5, 5.41) is 19.3. The van der Waals surface area contributed by atoms with Crippen molar-refractivity contribution in [2.45, 2.75) is 0 Å². The molecule has 0 saturated heterocycles. The van der Waals surface area contributed by atoms with Gasteiger partial charge in [-0.3, -0.25) is 0 Å². The number of aromatic hydroxyl groups is 1. The fourth-order valence-corrected chi connectivity index (χ4v) is 1.39. The Morgan fingerprint density at radius 2 is 1.50 bits per heavy atom. The van der Waals surface area contributed by atoms with Crippen molar-refractivity contribution in [1.82, 2.24) is 0 Å². The summed E-state index contributed by atoms with van der Waals surface area (Å²) >= 11 is 0. The highest BCUT2D eigenvalue weighted by molar-refractivity contribution is 6.61. The number of hydrogen-bond acceptors (Lipinski definition) is 3. The minimum atomic E-state index is -1.16. The fraction of sp³-hybridized carbons (Fsp3) is 0. The molecule has 0 spiro atoms. The molecule has 2 aromatic carbocycles. The highest BCUT2D eigenvalue weighted by atomic mass is 16.5. The van der Waals surface area contributed by atoms with Gasteiger partial charge >= 0.3 is 7.12 Å². The first-order chi connectivity index (χ1) is 7.77. The van der Waals surface area contributed by atoms with E-state index in [-0.39, 0.29) is 5.75 Å². The van der Waals surface area contributed by atoms with Crippen molar-refractivity contribution in [2.75, 3.05) is 0 Å². The van der Waals surface area contributed by atoms with Gasteiger partial charge in [0.05, 0.1) is 0 Å². The van der Waals surface area contributed by atoms with Crippen LogP contribution in [0.25, 0.3) is 0 Å². The molecule has 0 saturated carbocycles. The highest BCUT2D eigenvalue weighted by Crippen LogP contribution is 2.11. The molecule has 2 aromatic rings. The first kappa shape index (κ1) is 10.6. The van der Waals surface area contributed by atoms with Crippen molar-refractivity contribution in [1.29, 1.82) is 0 Å². The molecule has 0 radical (unpaired) electrons. The van der Waals surface area contributed by atoms with Crippen LogP contribution in [-0.2, 0) is 0 Å². The smallest absolute Gasteiger partial charge is 0.532 e. The zero-order chi connectivity index (χ0) is 11.4. The molecule has 0 fully saturated rings. The Bertz CT molecular complexity index is 459. The van der Waals surface area contributed by atoms with Gasteiger partial charge in [-0.25, -0.2) is 0 Å². The zero-order valence-electron chi connectivity index (χ0n) is 8.58. The van der Waals surface area contributed by atoms with E-state index in [9.17, 15) is 10.1 Å². The van der Waals surface area contributed by atoms with Crippen molar-refractivity contribution in [3.05, 3.63) is 54.6 Å². The van der Waals surface area contributed by atoms with E-state index < -0.39 is 7.12 Å². The largest absolute Gasteiger partial charge is 0.563 e. The van der Waals surface area contributed by atoms with Crippen LogP contribution in [0, 0.1) is 0 Å². The van der Waals surface area contributed by atoms with Crippen LogP contribution in [0.1, 0.15) is 0 Å². The van der Waals surface area contributed by atoms with Crippen LogP contribution in [0.5, 0.6) is 11.5 Å². The third-order valence-corrected chi connectivity index (χ3v) is 2.19. The predicted molar refractivity (Wildman–Crippen MR) is 62.8 cm³/mol. The van der Waals surface area contributed by atoms with Gasteiger partial charge < -0.3 is 14.8 Å². The maximum absolute atomic E-state index is 9.77. The lowest BCUT2D eigenvalue weighted by Gasteiger charge is -2.10. The predicted octanol–water partition coefficient (Wildman–Crippen LogP) is 1.16. The second-order valence-corrected chi connectivity index (χ2v) is 3.34. The number of benzene rings is 2. The Morgan fingerprint density at radius 1 is 0.875 bits per heavy atom. The van der Waals surface area contributed by atoms with Gasteiger partial charge in [0.2, 0.25) is 0 Å². The Labute approximate surface area is 94.1 Å². The molecule has 80 valence electrons. The second-order valence-electron chi connectivity index (χ2n) is 3.34. The molecular formula is C12H11BO3. The average molecular weight is 214 g/mol. The molecule has 2 N–H and O–H groups in total. The van der Waals surface area contributed by atoms with Gasteiger partial charge in [-0.15, -0.1) is 0 Å². The average Bonchev–Trinajstić information content (AvgIpc) is 2.31. The van der Waals surface area contributed by atoms with Crippen LogP contribution in [-0.4, -0.2) is 17.2 Å². The molecule has 0 bridgehead atoms. The lowest BCUT2D eigenvalue weighted by Crippen LogP contribution is -2.36. The quantitative estimate of drug-likeness (QED) is 0.753. The topological polar surface area (TPSA) is 49.7 Å². The third-order valence-electron chi connectivity index (χ3n) is 2.19. The van der Waals surface area contributed by atoms with Crippen LogP contribution in [0.3, 0.4) is 0 Å². The van der Waals surface area contributed by atoms with E-state index in [2.05, 4.69) is 0 Å². The minimum Gasteiger partial charge on any atom is -0.532 e. The van der Waals surface area contributed by atoms with Crippen LogP contribution in [0.4, 0.5) is 0 Å². The van der Waals surface area contributed by atoms with E-state index in [1.165, 1.54) is 6.07 Å². The molecule has 0 atom stereocenters. The molecule has 0 unspecified atom stereocenters. The number of phenols is 1. The van der Waals surface area contributed by atoms with Gasteiger partial charge in [0.15, 0.2) is 0 Å². The SMILES string of the molecule is OB(Oc1ccccc1)c1ccccc1O. The third kappa shape index (κ3) is 2.35. The van der Waals surface area contributed by atoms with Gasteiger partial charge in [-0.2, -0.15) is 0 Å². The first-order valence-corrected chi connectivity index (χ1v) is 4.95. The summed E-state index contributed by atoms with van der Waals surface area (Å²) in [6.07, 6.45) is 0. The van der Waals surface area contributed by atoms with E-state index >= 15 is 0 Å². The lowest BCUT2D eigenvalue weighted by atomic mass is 9.79. The molecule has 0 aliphatic heterocycles. The molecule has 0 heterocycles. The molecule has 0 aliphatic carbocycles. The zero-order valence-corrected chi connectivity index (χ0v) is 8.58. The standard InChI is InChI=1S/C12H11BO3/c14-12-9-5-4-8-11(12)13(15)16-10-6-2-1-3-7-10/h1-9,14-15H. The molecule has 4 heteroatoms. The van der Waals surface area contributed by atoms with E-state index in [1.807, 2.05) is 18.2 Å². The number of rotatable bonds is 3. The highest BCUT2D eigenvalue weighted by Gasteiger charge is 2.21. The second kappa shape index (κ2) is 4.72. The summed E-state index contributed by atoms with van der Waals surface area (Å²) in [6, 6.07) is 15.5. The van der Waals surface area contributed by atoms with Crippen molar-refractivity contribution in [3.63, 3.8) is 0 Å². The molecule has 0 amide bonds. The number of para-hydroxylation sites is 2. The van der Waals surface area contributed by atoms with Gasteiger partial charge in [0.25, 0.3) is 0 Å². The van der Waals surface area contributed by atoms with Gasteiger partial charge in [-0.1, -0.05) is 36.4 Å². The lowest BCUT2D eigenvalue weighted by molar-refractivity contribution is 0.426. The Hall–Kier alpha value is -1.94. The summed E-state index contributed by atoms with van der Waals surface area (Å²) in [4.78, 5) is 0. The summed E-state index contributed by atoms with van der Waals surface area (Å²) < 4.78 is 5.28. The van der Waals surface area contributed by atoms with E-state index in [1.54, 1.807) is 30.3 Å². The van der Waals surface area contributed by atoms with Gasteiger partial charge in [-0.05, 0) is 18.2 Å². The number of hydrogen-bond donors (Lipinski definition) is 2. The summed E-state index contributed by atoms with van der Waals surface area (Å²) in [5.41, 5.74) is 0.353. The molecular weight excluding hydrogens is 203 g/mol. The van der Waals surface area contributed by atoms with Crippen molar-refractivity contribution in [3.8, 4) is 11.5 Å². The Kier molecular flexibility index (Phi) is 3.12. The molecule has 0 aliphatic rings. The van der Waals surface area contributed by atoms with Crippen molar-refractivity contribution >= 4 is 12.6 Å². The van der Waals surface area contributed by atoms with Crippen LogP contribution < -0.4 is 10.1 Å². The van der Waals surface area contributed by atoms with E-state index in [0.717, 1.165) is 0 Å². The molecule has 3 nitrogen and oxygen atoms in total. The fourth-order valence-electron chi connectivity index (χ4n) is 1.39. The summed E-state index contributed by atoms with van der Waals surface area (Å²) in [7, 11) is -1.16. The van der Waals surface area contributed by atoms with E-state index in [0.29, 0.717) is 11.2 Å². The molecule has 16 heavy (non-hydrogen) atoms. The normalized spacial score (nSPS) is 9.81. The summed E-state index contributed by atoms with van der Waals surface area (Å²) in [6.45, 7) is 0. The van der Waals surface area contributed by atoms with Gasteiger partial charge in [0, 0.05) is 5.46 Å². The van der Waals surface area contributed by atoms with E-state index in [4.69, 9.17) is 4.65 Å². The Balaban J connectivity index is 2.15. The van der Waals surface area contributed by atoms with Crippen molar-refractivity contribution in [2.24, 2.45) is 0 Å². The first-order valence-electron chi connectivity index (χ1n) is 4.95. The molecule has 0 aromatic heterocycles. The number of phenolic OH excluding ortho intramolecular Hbond substituents is 1. The van der Waals surface area contributed by atoms with Crippen LogP contribution >= 0.6 is 0 Å². The van der Waals surface area contributed by atoms with Crippen LogP contribution in [0.15, 0.2) is 54.6 Å². The van der Waals surface area contributed by atoms with Gasteiger partial charge in [0.1, 0.15) is 11.5 Å². The monoisotopic (exact) mass is 214 g/mol. The van der Waals surface area contributed by atoms with Crippen molar-refractivity contribution < 1.29 is 14.8 Å². The summed E-state index contributed by atoms with van der Waals surface area (Å²) in [5.74, 6) is 0.573. The Morgan fingerprint density at radius 3 is 2.19 bits per heavy atom. The minimum absolute atomic E-state index is 0.0194.